The van der Waals surface area contributed by atoms with Gasteiger partial charge in [-0.3, -0.25) is 4.90 Å². The van der Waals surface area contributed by atoms with Crippen LogP contribution in [0.2, 0.25) is 0 Å². The Labute approximate surface area is 153 Å². The molecule has 25 heavy (non-hydrogen) atoms. The third kappa shape index (κ3) is 2.34. The van der Waals surface area contributed by atoms with Crippen LogP contribution in [-0.4, -0.2) is 53.4 Å². The number of rotatable bonds is 4. The fourth-order valence-corrected chi connectivity index (χ4v) is 6.04. The first kappa shape index (κ1) is 16.0. The second kappa shape index (κ2) is 5.62. The van der Waals surface area contributed by atoms with Crippen molar-refractivity contribution in [1.82, 2.24) is 4.90 Å². The molecule has 3 saturated heterocycles. The normalized spacial score (nSPS) is 33.9. The maximum absolute atomic E-state index is 13.0. The number of aliphatic hydroxyl groups is 1. The van der Waals surface area contributed by atoms with Crippen molar-refractivity contribution in [3.05, 3.63) is 44.8 Å². The van der Waals surface area contributed by atoms with E-state index in [9.17, 15) is 9.90 Å². The first-order chi connectivity index (χ1) is 12.1. The molecule has 3 fully saturated rings. The van der Waals surface area contributed by atoms with Gasteiger partial charge in [-0.25, -0.2) is 4.79 Å². The Morgan fingerprint density at radius 1 is 1.20 bits per heavy atom. The van der Waals surface area contributed by atoms with Crippen molar-refractivity contribution in [2.24, 2.45) is 0 Å². The average molecular weight is 377 g/mol. The molecule has 5 rings (SSSR count). The molecule has 7 heteroatoms. The number of nitrogens with zero attached hydrogens (tertiary/aromatic N) is 1. The number of esters is 1. The Balaban J connectivity index is 1.39. The van der Waals surface area contributed by atoms with Gasteiger partial charge in [0.1, 0.15) is 18.3 Å². The molecule has 0 amide bonds. The van der Waals surface area contributed by atoms with Crippen LogP contribution in [0.15, 0.2) is 35.0 Å². The number of likely N-dealkylation sites (N-methyl/N-ethyl adjacent to an activating group) is 1. The number of thiophene rings is 2. The summed E-state index contributed by atoms with van der Waals surface area (Å²) in [7, 11) is 2.12. The molecule has 0 aromatic carbocycles. The van der Waals surface area contributed by atoms with Crippen molar-refractivity contribution in [1.29, 1.82) is 0 Å². The highest BCUT2D eigenvalue weighted by Gasteiger charge is 2.63. The molecule has 5 heterocycles. The fraction of sp³-hybridized carbons (Fsp3) is 0.500. The number of carbonyl (C=O) groups excluding carboxylic acids is 1. The van der Waals surface area contributed by atoms with Crippen molar-refractivity contribution in [2.45, 2.75) is 48.8 Å². The van der Waals surface area contributed by atoms with E-state index in [2.05, 4.69) is 11.9 Å². The van der Waals surface area contributed by atoms with Crippen molar-refractivity contribution in [2.75, 3.05) is 7.05 Å². The molecule has 3 aliphatic heterocycles. The number of epoxide rings is 1. The highest BCUT2D eigenvalue weighted by Crippen LogP contribution is 2.48. The van der Waals surface area contributed by atoms with Gasteiger partial charge in [0.15, 0.2) is 0 Å². The summed E-state index contributed by atoms with van der Waals surface area (Å²) in [6, 6.07) is 7.88. The highest BCUT2D eigenvalue weighted by molar-refractivity contribution is 7.12. The largest absolute Gasteiger partial charge is 0.460 e. The molecule has 2 aromatic heterocycles. The van der Waals surface area contributed by atoms with E-state index in [1.165, 1.54) is 22.7 Å². The Morgan fingerprint density at radius 2 is 1.76 bits per heavy atom. The minimum Gasteiger partial charge on any atom is -0.460 e. The van der Waals surface area contributed by atoms with Crippen LogP contribution >= 0.6 is 22.7 Å². The van der Waals surface area contributed by atoms with Crippen LogP contribution < -0.4 is 0 Å². The lowest BCUT2D eigenvalue weighted by Crippen LogP contribution is -2.49. The zero-order chi connectivity index (χ0) is 17.2. The zero-order valence-electron chi connectivity index (χ0n) is 13.7. The summed E-state index contributed by atoms with van der Waals surface area (Å²) < 4.78 is 11.5. The van der Waals surface area contributed by atoms with Gasteiger partial charge in [0, 0.05) is 24.9 Å². The van der Waals surface area contributed by atoms with Crippen molar-refractivity contribution < 1.29 is 19.4 Å². The summed E-state index contributed by atoms with van der Waals surface area (Å²) in [5.41, 5.74) is -1.72. The smallest absolute Gasteiger partial charge is 0.349 e. The van der Waals surface area contributed by atoms with Gasteiger partial charge in [-0.15, -0.1) is 22.7 Å². The quantitative estimate of drug-likeness (QED) is 0.654. The van der Waals surface area contributed by atoms with Gasteiger partial charge < -0.3 is 14.6 Å². The molecule has 0 aliphatic carbocycles. The minimum absolute atomic E-state index is 0.165. The molecule has 2 bridgehead atoms. The van der Waals surface area contributed by atoms with Gasteiger partial charge in [0.2, 0.25) is 5.60 Å². The lowest BCUT2D eigenvalue weighted by Gasteiger charge is -2.38. The van der Waals surface area contributed by atoms with Gasteiger partial charge in [0.05, 0.1) is 9.75 Å². The summed E-state index contributed by atoms with van der Waals surface area (Å²) >= 11 is 2.73. The predicted octanol–water partition coefficient (Wildman–Crippen LogP) is 2.20. The topological polar surface area (TPSA) is 62.3 Å². The molecular formula is C18H19NO4S2. The van der Waals surface area contributed by atoms with Gasteiger partial charge in [-0.05, 0) is 29.9 Å². The third-order valence-corrected chi connectivity index (χ3v) is 7.66. The third-order valence-electron chi connectivity index (χ3n) is 5.70. The number of hydrogen-bond donors (Lipinski definition) is 1. The van der Waals surface area contributed by atoms with Gasteiger partial charge in [0.25, 0.3) is 0 Å². The molecule has 2 aromatic rings. The maximum atomic E-state index is 13.0. The first-order valence-electron chi connectivity index (χ1n) is 8.48. The molecule has 4 unspecified atom stereocenters. The van der Waals surface area contributed by atoms with E-state index in [0.29, 0.717) is 34.0 Å². The number of hydrogen-bond acceptors (Lipinski definition) is 7. The average Bonchev–Trinajstić information content (AvgIpc) is 2.97. The van der Waals surface area contributed by atoms with Crippen molar-refractivity contribution in [3.63, 3.8) is 0 Å². The lowest BCUT2D eigenvalue weighted by molar-refractivity contribution is -0.171. The summed E-state index contributed by atoms with van der Waals surface area (Å²) in [5, 5.41) is 15.0. The van der Waals surface area contributed by atoms with E-state index in [1.54, 1.807) is 12.1 Å². The molecule has 132 valence electrons. The van der Waals surface area contributed by atoms with Crippen LogP contribution in [-0.2, 0) is 19.9 Å². The Bertz CT molecular complexity index is 723. The fourth-order valence-electron chi connectivity index (χ4n) is 4.32. The maximum Gasteiger partial charge on any atom is 0.349 e. The minimum atomic E-state index is -1.72. The molecule has 0 saturated carbocycles. The molecule has 5 atom stereocenters. The Kier molecular flexibility index (Phi) is 3.59. The molecular weight excluding hydrogens is 358 g/mol. The van der Waals surface area contributed by atoms with Gasteiger partial charge >= 0.3 is 5.97 Å². The molecule has 0 radical (unpaired) electrons. The van der Waals surface area contributed by atoms with E-state index in [-0.39, 0.29) is 6.10 Å². The summed E-state index contributed by atoms with van der Waals surface area (Å²) in [5.74, 6) is -0.569. The van der Waals surface area contributed by atoms with E-state index >= 15 is 0 Å². The monoisotopic (exact) mass is 377 g/mol. The van der Waals surface area contributed by atoms with Crippen LogP contribution in [0.5, 0.6) is 0 Å². The van der Waals surface area contributed by atoms with Crippen molar-refractivity contribution >= 4 is 28.6 Å². The van der Waals surface area contributed by atoms with Crippen molar-refractivity contribution in [3.8, 4) is 0 Å². The number of ether oxygens (including phenoxy) is 2. The van der Waals surface area contributed by atoms with Crippen LogP contribution in [0, 0.1) is 0 Å². The molecule has 3 aliphatic rings. The van der Waals surface area contributed by atoms with Crippen LogP contribution in [0.25, 0.3) is 0 Å². The van der Waals surface area contributed by atoms with E-state index in [0.717, 1.165) is 12.8 Å². The number of piperidine rings is 1. The second-order valence-electron chi connectivity index (χ2n) is 7.03. The van der Waals surface area contributed by atoms with E-state index in [4.69, 9.17) is 9.47 Å². The van der Waals surface area contributed by atoms with Crippen LogP contribution in [0.1, 0.15) is 22.6 Å². The van der Waals surface area contributed by atoms with Crippen LogP contribution in [0.4, 0.5) is 0 Å². The molecule has 1 N–H and O–H groups in total. The van der Waals surface area contributed by atoms with E-state index in [1.807, 2.05) is 22.9 Å². The predicted molar refractivity (Wildman–Crippen MR) is 94.8 cm³/mol. The van der Waals surface area contributed by atoms with Gasteiger partial charge in [-0.1, -0.05) is 12.1 Å². The number of fused-ring (bicyclic) bond motifs is 5. The number of morpholine rings is 1. The SMILES string of the molecule is CN1C2CC(OC(=O)C(O)(c3cccs3)c3cccs3)CC1[C@@H]1OC21. The summed E-state index contributed by atoms with van der Waals surface area (Å²) in [6.07, 6.45) is 1.97. The highest BCUT2D eigenvalue weighted by atomic mass is 32.1. The first-order valence-corrected chi connectivity index (χ1v) is 10.2. The lowest BCUT2D eigenvalue weighted by atomic mass is 9.97. The zero-order valence-corrected chi connectivity index (χ0v) is 15.3. The summed E-state index contributed by atoms with van der Waals surface area (Å²) in [4.78, 5) is 16.6. The van der Waals surface area contributed by atoms with Crippen LogP contribution in [0.3, 0.4) is 0 Å². The summed E-state index contributed by atoms with van der Waals surface area (Å²) in [6.45, 7) is 0. The Hall–Kier alpha value is -1.25. The second-order valence-corrected chi connectivity index (χ2v) is 8.92. The Morgan fingerprint density at radius 3 is 2.24 bits per heavy atom. The standard InChI is InChI=1S/C18H19NO4S2/c1-19-11-8-10(9-12(19)16-15(11)23-16)22-17(20)18(21,13-4-2-6-24-13)14-5-3-7-25-14/h2-7,10-12,15-16,21H,8-9H2,1H3/t10?,11?,12?,15-,16?/m0/s1. The van der Waals surface area contributed by atoms with Gasteiger partial charge in [-0.2, -0.15) is 0 Å². The number of carbonyl (C=O) groups is 1. The molecule has 5 nitrogen and oxygen atoms in total. The molecule has 0 spiro atoms. The van der Waals surface area contributed by atoms with E-state index < -0.39 is 11.6 Å².